The molecule has 6 nitrogen and oxygen atoms in total. The highest BCUT2D eigenvalue weighted by Gasteiger charge is 2.42. The zero-order valence-electron chi connectivity index (χ0n) is 18.5. The second-order valence-corrected chi connectivity index (χ2v) is 9.84. The van der Waals surface area contributed by atoms with Crippen LogP contribution in [0, 0.1) is 10.2 Å². The van der Waals surface area contributed by atoms with Crippen LogP contribution in [0.3, 0.4) is 0 Å². The molecule has 1 aliphatic heterocycles. The van der Waals surface area contributed by atoms with E-state index in [0.717, 1.165) is 29.0 Å². The van der Waals surface area contributed by atoms with E-state index >= 15 is 0 Å². The van der Waals surface area contributed by atoms with Crippen LogP contribution in [0.5, 0.6) is 5.75 Å². The summed E-state index contributed by atoms with van der Waals surface area (Å²) in [5, 5.41) is 3.31. The molecule has 5 rings (SSSR count). The molecular formula is C26H25N3O3S. The van der Waals surface area contributed by atoms with Crippen LogP contribution in [0.4, 0.5) is 5.82 Å². The number of ether oxygens (including phenoxy) is 1. The summed E-state index contributed by atoms with van der Waals surface area (Å²) in [4.78, 5) is 32.0. The van der Waals surface area contributed by atoms with Crippen LogP contribution >= 0.6 is 12.2 Å². The van der Waals surface area contributed by atoms with E-state index in [1.54, 1.807) is 0 Å². The minimum absolute atomic E-state index is 0.0654. The highest BCUT2D eigenvalue weighted by Crippen LogP contribution is 2.47. The number of H-pyrrole nitrogens is 2. The molecule has 33 heavy (non-hydrogen) atoms. The van der Waals surface area contributed by atoms with E-state index in [4.69, 9.17) is 17.0 Å². The van der Waals surface area contributed by atoms with Gasteiger partial charge in [-0.2, -0.15) is 0 Å². The van der Waals surface area contributed by atoms with Crippen LogP contribution in [0.2, 0.25) is 0 Å². The van der Waals surface area contributed by atoms with Gasteiger partial charge in [0.05, 0.1) is 5.56 Å². The minimum Gasteiger partial charge on any atom is -0.489 e. The summed E-state index contributed by atoms with van der Waals surface area (Å²) in [6.45, 7) is 4.63. The fourth-order valence-electron chi connectivity index (χ4n) is 4.78. The molecule has 0 amide bonds. The number of fused-ring (bicyclic) bond motifs is 1. The Morgan fingerprint density at radius 1 is 1.00 bits per heavy atom. The Balaban J connectivity index is 1.54. The van der Waals surface area contributed by atoms with E-state index < -0.39 is 5.92 Å². The van der Waals surface area contributed by atoms with Gasteiger partial charge in [0.1, 0.15) is 18.2 Å². The monoisotopic (exact) mass is 459 g/mol. The SMILES string of the molecule is CC1(C)CC(=O)C2=C(C1)Nc1[nH]c(=S)[nH]c(=O)c1[C@@H]2c1ccc(OCc2ccccc2)cc1. The zero-order valence-corrected chi connectivity index (χ0v) is 19.3. The Morgan fingerprint density at radius 3 is 2.45 bits per heavy atom. The van der Waals surface area contributed by atoms with E-state index in [9.17, 15) is 9.59 Å². The normalized spacial score (nSPS) is 18.8. The Bertz CT molecular complexity index is 1370. The van der Waals surface area contributed by atoms with Gasteiger partial charge in [0, 0.05) is 23.6 Å². The van der Waals surface area contributed by atoms with Crippen molar-refractivity contribution >= 4 is 23.8 Å². The number of hydrogen-bond donors (Lipinski definition) is 3. The van der Waals surface area contributed by atoms with Gasteiger partial charge in [0.25, 0.3) is 5.56 Å². The summed E-state index contributed by atoms with van der Waals surface area (Å²) >= 11 is 5.19. The van der Waals surface area contributed by atoms with Crippen LogP contribution < -0.4 is 15.6 Å². The van der Waals surface area contributed by atoms with Crippen LogP contribution in [-0.4, -0.2) is 15.8 Å². The maximum absolute atomic E-state index is 13.3. The predicted molar refractivity (Wildman–Crippen MR) is 130 cm³/mol. The van der Waals surface area contributed by atoms with Gasteiger partial charge in [0.15, 0.2) is 10.6 Å². The number of benzene rings is 2. The second kappa shape index (κ2) is 8.15. The Kier molecular flexibility index (Phi) is 5.29. The molecule has 1 aromatic heterocycles. The lowest BCUT2D eigenvalue weighted by molar-refractivity contribution is -0.118. The smallest absolute Gasteiger partial charge is 0.257 e. The molecule has 3 N–H and O–H groups in total. The molecule has 0 bridgehead atoms. The summed E-state index contributed by atoms with van der Waals surface area (Å²) in [5.74, 6) is 0.875. The van der Waals surface area contributed by atoms with Crippen molar-refractivity contribution in [1.29, 1.82) is 0 Å². The summed E-state index contributed by atoms with van der Waals surface area (Å²) in [5.41, 5.74) is 3.50. The average molecular weight is 460 g/mol. The molecule has 0 fully saturated rings. The predicted octanol–water partition coefficient (Wildman–Crippen LogP) is 5.21. The number of rotatable bonds is 4. The first-order valence-corrected chi connectivity index (χ1v) is 11.4. The van der Waals surface area contributed by atoms with Crippen molar-refractivity contribution in [3.05, 3.63) is 97.7 Å². The van der Waals surface area contributed by atoms with Gasteiger partial charge in [-0.15, -0.1) is 0 Å². The number of aromatic amines is 2. The number of aromatic nitrogens is 2. The largest absolute Gasteiger partial charge is 0.489 e. The van der Waals surface area contributed by atoms with Gasteiger partial charge in [0.2, 0.25) is 0 Å². The number of carbonyl (C=O) groups is 1. The third-order valence-electron chi connectivity index (χ3n) is 6.21. The van der Waals surface area contributed by atoms with Crippen LogP contribution in [0.15, 0.2) is 70.7 Å². The van der Waals surface area contributed by atoms with E-state index in [0.29, 0.717) is 30.0 Å². The molecule has 0 radical (unpaired) electrons. The summed E-state index contributed by atoms with van der Waals surface area (Å²) < 4.78 is 6.17. The van der Waals surface area contributed by atoms with Gasteiger partial charge >= 0.3 is 0 Å². The lowest BCUT2D eigenvalue weighted by Crippen LogP contribution is -2.36. The summed E-state index contributed by atoms with van der Waals surface area (Å²) in [6.07, 6.45) is 1.16. The van der Waals surface area contributed by atoms with Crippen molar-refractivity contribution in [3.63, 3.8) is 0 Å². The topological polar surface area (TPSA) is 87.0 Å². The second-order valence-electron chi connectivity index (χ2n) is 9.43. The van der Waals surface area contributed by atoms with Gasteiger partial charge in [-0.25, -0.2) is 0 Å². The number of Topliss-reactive ketones (excluding diaryl/α,β-unsaturated/α-hetero) is 1. The number of carbonyl (C=O) groups excluding carboxylic acids is 1. The highest BCUT2D eigenvalue weighted by molar-refractivity contribution is 7.71. The van der Waals surface area contributed by atoms with Crippen LogP contribution in [0.1, 0.15) is 49.3 Å². The Labute approximate surface area is 196 Å². The summed E-state index contributed by atoms with van der Waals surface area (Å²) in [7, 11) is 0. The molecule has 2 heterocycles. The molecule has 3 aromatic rings. The first-order chi connectivity index (χ1) is 15.8. The molecule has 168 valence electrons. The van der Waals surface area contributed by atoms with Gasteiger partial charge in [-0.1, -0.05) is 56.3 Å². The summed E-state index contributed by atoms with van der Waals surface area (Å²) in [6, 6.07) is 17.6. The molecular weight excluding hydrogens is 434 g/mol. The van der Waals surface area contributed by atoms with Crippen LogP contribution in [0.25, 0.3) is 0 Å². The lowest BCUT2D eigenvalue weighted by atomic mass is 9.69. The Hall–Kier alpha value is -3.45. The van der Waals surface area contributed by atoms with Crippen molar-refractivity contribution in [1.82, 2.24) is 9.97 Å². The molecule has 0 unspecified atom stereocenters. The third-order valence-corrected chi connectivity index (χ3v) is 6.42. The maximum atomic E-state index is 13.3. The first kappa shape index (κ1) is 21.4. The number of allylic oxidation sites excluding steroid dienone is 2. The maximum Gasteiger partial charge on any atom is 0.257 e. The van der Waals surface area contributed by atoms with E-state index in [1.165, 1.54) is 0 Å². The van der Waals surface area contributed by atoms with E-state index in [-0.39, 0.29) is 21.5 Å². The number of anilines is 1. The number of hydrogen-bond acceptors (Lipinski definition) is 5. The van der Waals surface area contributed by atoms with Crippen molar-refractivity contribution in [3.8, 4) is 5.75 Å². The Morgan fingerprint density at radius 2 is 1.73 bits per heavy atom. The van der Waals surface area contributed by atoms with E-state index in [1.807, 2.05) is 54.6 Å². The quantitative estimate of drug-likeness (QED) is 0.466. The molecule has 1 aliphatic carbocycles. The van der Waals surface area contributed by atoms with Crippen molar-refractivity contribution in [2.24, 2.45) is 5.41 Å². The standard InChI is InChI=1S/C26H25N3O3S/c1-26(2)12-18-21(19(30)13-26)20(22-23(27-18)28-25(33)29-24(22)31)16-8-10-17(11-9-16)32-14-15-6-4-3-5-7-15/h3-11,20H,12-14H2,1-2H3,(H3,27,28,29,31,33)/t20-/m1/s1. The molecule has 1 atom stereocenters. The molecule has 0 saturated heterocycles. The fourth-order valence-corrected chi connectivity index (χ4v) is 4.97. The molecule has 7 heteroatoms. The van der Waals surface area contributed by atoms with Crippen LogP contribution in [-0.2, 0) is 11.4 Å². The van der Waals surface area contributed by atoms with Crippen molar-refractivity contribution in [2.75, 3.05) is 5.32 Å². The first-order valence-electron chi connectivity index (χ1n) is 11.0. The highest BCUT2D eigenvalue weighted by atomic mass is 32.1. The molecule has 0 spiro atoms. The van der Waals surface area contributed by atoms with Gasteiger partial charge in [-0.3, -0.25) is 14.6 Å². The van der Waals surface area contributed by atoms with Crippen molar-refractivity contribution in [2.45, 2.75) is 39.2 Å². The average Bonchev–Trinajstić information content (AvgIpc) is 2.76. The van der Waals surface area contributed by atoms with Gasteiger partial charge < -0.3 is 15.0 Å². The molecule has 0 saturated carbocycles. The molecule has 2 aliphatic rings. The fraction of sp³-hybridized carbons (Fsp3) is 0.269. The molecule has 2 aromatic carbocycles. The van der Waals surface area contributed by atoms with Gasteiger partial charge in [-0.05, 0) is 47.3 Å². The number of nitrogens with one attached hydrogen (secondary N) is 3. The van der Waals surface area contributed by atoms with E-state index in [2.05, 4.69) is 29.1 Å². The minimum atomic E-state index is -0.473. The van der Waals surface area contributed by atoms with Crippen molar-refractivity contribution < 1.29 is 9.53 Å². The zero-order chi connectivity index (χ0) is 23.2. The lowest BCUT2D eigenvalue weighted by Gasteiger charge is -2.38. The number of ketones is 1. The third kappa shape index (κ3) is 4.16.